The Bertz CT molecular complexity index is 543. The molecule has 0 bridgehead atoms. The van der Waals surface area contributed by atoms with Crippen molar-refractivity contribution in [3.05, 3.63) is 53.1 Å². The van der Waals surface area contributed by atoms with Crippen molar-refractivity contribution in [1.82, 2.24) is 9.78 Å². The Hall–Kier alpha value is -1.97. The predicted molar refractivity (Wildman–Crippen MR) is 62.5 cm³/mol. The van der Waals surface area contributed by atoms with Crippen molar-refractivity contribution >= 4 is 5.78 Å². The van der Waals surface area contributed by atoms with Gasteiger partial charge < -0.3 is 0 Å². The van der Waals surface area contributed by atoms with Gasteiger partial charge >= 0.3 is 0 Å². The molecule has 2 aromatic rings. The predicted octanol–water partition coefficient (Wildman–Crippen LogP) is 2.58. The number of nitrogens with zero attached hydrogens (tertiary/aromatic N) is 2. The molecule has 1 heterocycles. The molecule has 1 aromatic carbocycles. The van der Waals surface area contributed by atoms with E-state index in [9.17, 15) is 9.18 Å². The Morgan fingerprint density at radius 2 is 2.00 bits per heavy atom. The van der Waals surface area contributed by atoms with Crippen LogP contribution in [-0.4, -0.2) is 15.6 Å². The van der Waals surface area contributed by atoms with Gasteiger partial charge in [0.15, 0.2) is 0 Å². The molecule has 4 heteroatoms. The molecular formula is C13H13FN2O. The van der Waals surface area contributed by atoms with Gasteiger partial charge in [-0.05, 0) is 44.2 Å². The first-order valence-corrected chi connectivity index (χ1v) is 5.46. The Morgan fingerprint density at radius 1 is 1.35 bits per heavy atom. The minimum absolute atomic E-state index is 0.132. The molecule has 0 unspecified atom stereocenters. The van der Waals surface area contributed by atoms with E-state index in [0.29, 0.717) is 17.8 Å². The Morgan fingerprint density at radius 3 is 2.59 bits per heavy atom. The van der Waals surface area contributed by atoms with Gasteiger partial charge in [-0.25, -0.2) is 4.39 Å². The molecule has 3 nitrogen and oxygen atoms in total. The summed E-state index contributed by atoms with van der Waals surface area (Å²) in [5.41, 5.74) is 1.81. The third-order valence-corrected chi connectivity index (χ3v) is 2.54. The summed E-state index contributed by atoms with van der Waals surface area (Å²) in [5.74, 6) is -0.478. The highest BCUT2D eigenvalue weighted by atomic mass is 19.1. The van der Waals surface area contributed by atoms with Crippen molar-refractivity contribution in [1.29, 1.82) is 0 Å². The number of aromatic nitrogens is 2. The minimum atomic E-state index is -0.346. The number of ketones is 1. The molecule has 0 atom stereocenters. The number of aryl methyl sites for hydroxylation is 2. The summed E-state index contributed by atoms with van der Waals surface area (Å²) in [5, 5.41) is 4.22. The zero-order valence-electron chi connectivity index (χ0n) is 9.77. The number of hydrogen-bond donors (Lipinski definition) is 0. The van der Waals surface area contributed by atoms with Crippen molar-refractivity contribution in [2.75, 3.05) is 0 Å². The number of carbonyl (C=O) groups is 1. The van der Waals surface area contributed by atoms with E-state index >= 15 is 0 Å². The van der Waals surface area contributed by atoms with Crippen molar-refractivity contribution in [3.8, 4) is 0 Å². The average molecular weight is 232 g/mol. The topological polar surface area (TPSA) is 34.9 Å². The summed E-state index contributed by atoms with van der Waals surface area (Å²) < 4.78 is 14.4. The van der Waals surface area contributed by atoms with Crippen LogP contribution in [0.2, 0.25) is 0 Å². The van der Waals surface area contributed by atoms with Crippen LogP contribution in [0.15, 0.2) is 30.3 Å². The largest absolute Gasteiger partial charge is 0.287 e. The molecule has 0 radical (unpaired) electrons. The number of benzene rings is 1. The second-order valence-electron chi connectivity index (χ2n) is 3.82. The van der Waals surface area contributed by atoms with E-state index in [4.69, 9.17) is 0 Å². The molecule has 0 saturated carbocycles. The maximum absolute atomic E-state index is 12.8. The van der Waals surface area contributed by atoms with Gasteiger partial charge in [-0.2, -0.15) is 5.10 Å². The maximum Gasteiger partial charge on any atom is 0.211 e. The Kier molecular flexibility index (Phi) is 3.04. The molecule has 0 N–H and O–H groups in total. The molecule has 0 fully saturated rings. The highest BCUT2D eigenvalue weighted by Crippen LogP contribution is 2.12. The van der Waals surface area contributed by atoms with Gasteiger partial charge in [-0.15, -0.1) is 0 Å². The van der Waals surface area contributed by atoms with Gasteiger partial charge in [0, 0.05) is 12.1 Å². The molecule has 0 aliphatic heterocycles. The van der Waals surface area contributed by atoms with Gasteiger partial charge in [0.2, 0.25) is 5.78 Å². The second kappa shape index (κ2) is 4.49. The van der Waals surface area contributed by atoms with Gasteiger partial charge in [0.25, 0.3) is 0 Å². The van der Waals surface area contributed by atoms with Gasteiger partial charge in [-0.1, -0.05) is 0 Å². The molecule has 88 valence electrons. The quantitative estimate of drug-likeness (QED) is 0.762. The second-order valence-corrected chi connectivity index (χ2v) is 3.82. The standard InChI is InChI=1S/C13H13FN2O/c1-3-16-12(8-9(2)15-16)13(17)10-4-6-11(14)7-5-10/h4-8H,3H2,1-2H3. The van der Waals surface area contributed by atoms with Crippen LogP contribution in [0.1, 0.15) is 28.7 Å². The van der Waals surface area contributed by atoms with Crippen LogP contribution in [0.3, 0.4) is 0 Å². The molecule has 0 spiro atoms. The molecule has 0 aliphatic carbocycles. The first-order valence-electron chi connectivity index (χ1n) is 5.46. The molecule has 0 saturated heterocycles. The number of halogens is 1. The lowest BCUT2D eigenvalue weighted by atomic mass is 10.1. The fraction of sp³-hybridized carbons (Fsp3) is 0.231. The fourth-order valence-electron chi connectivity index (χ4n) is 1.72. The van der Waals surface area contributed by atoms with Crippen LogP contribution in [0, 0.1) is 12.7 Å². The van der Waals surface area contributed by atoms with E-state index in [2.05, 4.69) is 5.10 Å². The molecule has 17 heavy (non-hydrogen) atoms. The zero-order chi connectivity index (χ0) is 12.4. The Labute approximate surface area is 98.9 Å². The first-order chi connectivity index (χ1) is 8.11. The summed E-state index contributed by atoms with van der Waals surface area (Å²) in [4.78, 5) is 12.2. The summed E-state index contributed by atoms with van der Waals surface area (Å²) >= 11 is 0. The SMILES string of the molecule is CCn1nc(C)cc1C(=O)c1ccc(F)cc1. The molecule has 2 rings (SSSR count). The van der Waals surface area contributed by atoms with Crippen LogP contribution in [0.4, 0.5) is 4.39 Å². The van der Waals surface area contributed by atoms with Crippen molar-refractivity contribution in [2.24, 2.45) is 0 Å². The van der Waals surface area contributed by atoms with E-state index in [1.165, 1.54) is 24.3 Å². The molecule has 1 aromatic heterocycles. The molecule has 0 amide bonds. The maximum atomic E-state index is 12.8. The zero-order valence-corrected chi connectivity index (χ0v) is 9.77. The van der Waals surface area contributed by atoms with Gasteiger partial charge in [0.1, 0.15) is 11.5 Å². The van der Waals surface area contributed by atoms with E-state index in [1.807, 2.05) is 13.8 Å². The molecule has 0 aliphatic rings. The van der Waals surface area contributed by atoms with Crippen molar-refractivity contribution < 1.29 is 9.18 Å². The lowest BCUT2D eigenvalue weighted by Gasteiger charge is -2.03. The minimum Gasteiger partial charge on any atom is -0.287 e. The van der Waals surface area contributed by atoms with Crippen molar-refractivity contribution in [3.63, 3.8) is 0 Å². The molecular weight excluding hydrogens is 219 g/mol. The lowest BCUT2D eigenvalue weighted by Crippen LogP contribution is -2.10. The highest BCUT2D eigenvalue weighted by Gasteiger charge is 2.14. The smallest absolute Gasteiger partial charge is 0.211 e. The number of carbonyl (C=O) groups excluding carboxylic acids is 1. The van der Waals surface area contributed by atoms with E-state index < -0.39 is 0 Å². The number of hydrogen-bond acceptors (Lipinski definition) is 2. The third kappa shape index (κ3) is 2.25. The average Bonchev–Trinajstić information content (AvgIpc) is 2.70. The van der Waals surface area contributed by atoms with E-state index in [-0.39, 0.29) is 11.6 Å². The van der Waals surface area contributed by atoms with E-state index in [0.717, 1.165) is 5.69 Å². The van der Waals surface area contributed by atoms with Crippen LogP contribution >= 0.6 is 0 Å². The summed E-state index contributed by atoms with van der Waals surface area (Å²) in [6, 6.07) is 7.29. The lowest BCUT2D eigenvalue weighted by molar-refractivity contribution is 0.102. The van der Waals surface area contributed by atoms with Crippen LogP contribution < -0.4 is 0 Å². The normalized spacial score (nSPS) is 10.5. The summed E-state index contributed by atoms with van der Waals surface area (Å²) in [6.07, 6.45) is 0. The van der Waals surface area contributed by atoms with Crippen LogP contribution in [0.5, 0.6) is 0 Å². The van der Waals surface area contributed by atoms with E-state index in [1.54, 1.807) is 10.7 Å². The number of rotatable bonds is 3. The van der Waals surface area contributed by atoms with Crippen LogP contribution in [-0.2, 0) is 6.54 Å². The summed E-state index contributed by atoms with van der Waals surface area (Å²) in [7, 11) is 0. The van der Waals surface area contributed by atoms with Gasteiger partial charge in [0.05, 0.1) is 5.69 Å². The fourth-order valence-corrected chi connectivity index (χ4v) is 1.72. The monoisotopic (exact) mass is 232 g/mol. The third-order valence-electron chi connectivity index (χ3n) is 2.54. The summed E-state index contributed by atoms with van der Waals surface area (Å²) in [6.45, 7) is 4.40. The Balaban J connectivity index is 2.39. The van der Waals surface area contributed by atoms with Gasteiger partial charge in [-0.3, -0.25) is 9.48 Å². The van der Waals surface area contributed by atoms with Crippen molar-refractivity contribution in [2.45, 2.75) is 20.4 Å². The highest BCUT2D eigenvalue weighted by molar-refractivity contribution is 6.07. The van der Waals surface area contributed by atoms with Crippen LogP contribution in [0.25, 0.3) is 0 Å². The first kappa shape index (κ1) is 11.5.